The number of hydrogen-bond acceptors (Lipinski definition) is 4. The van der Waals surface area contributed by atoms with Crippen molar-refractivity contribution in [2.45, 2.75) is 31.8 Å². The topological polar surface area (TPSA) is 34.1 Å². The van der Waals surface area contributed by atoms with Crippen molar-refractivity contribution in [3.8, 4) is 5.88 Å². The average molecular weight is 274 g/mol. The molecule has 2 heterocycles. The van der Waals surface area contributed by atoms with Crippen LogP contribution in [0.3, 0.4) is 0 Å². The lowest BCUT2D eigenvalue weighted by atomic mass is 9.94. The van der Waals surface area contributed by atoms with Crippen molar-refractivity contribution in [2.24, 2.45) is 0 Å². The third-order valence-electron chi connectivity index (χ3n) is 3.61. The summed E-state index contributed by atoms with van der Waals surface area (Å²) in [7, 11) is 1.65. The summed E-state index contributed by atoms with van der Waals surface area (Å²) in [5, 5.41) is 5.86. The highest BCUT2D eigenvalue weighted by molar-refractivity contribution is 7.10. The van der Waals surface area contributed by atoms with Crippen LogP contribution in [0.1, 0.15) is 34.9 Å². The Bertz CT molecular complexity index is 553. The van der Waals surface area contributed by atoms with Gasteiger partial charge in [-0.3, -0.25) is 0 Å². The molecule has 0 saturated heterocycles. The lowest BCUT2D eigenvalue weighted by Crippen LogP contribution is -2.23. The van der Waals surface area contributed by atoms with E-state index in [9.17, 15) is 0 Å². The molecule has 1 N–H and O–H groups in total. The minimum Gasteiger partial charge on any atom is -0.481 e. The fourth-order valence-corrected chi connectivity index (χ4v) is 3.60. The zero-order valence-electron chi connectivity index (χ0n) is 11.1. The predicted octanol–water partition coefficient (Wildman–Crippen LogP) is 3.32. The smallest absolute Gasteiger partial charge is 0.213 e. The van der Waals surface area contributed by atoms with Crippen LogP contribution in [0.4, 0.5) is 0 Å². The molecule has 0 spiro atoms. The zero-order valence-corrected chi connectivity index (χ0v) is 11.9. The fraction of sp³-hybridized carbons (Fsp3) is 0.400. The number of rotatable bonds is 4. The molecule has 2 aromatic rings. The van der Waals surface area contributed by atoms with E-state index in [4.69, 9.17) is 4.74 Å². The first kappa shape index (κ1) is 12.6. The maximum atomic E-state index is 5.15. The lowest BCUT2D eigenvalue weighted by molar-refractivity contribution is 0.396. The average Bonchev–Trinajstić information content (AvgIpc) is 2.94. The molecule has 1 aliphatic rings. The molecular formula is C15H18N2OS. The van der Waals surface area contributed by atoms with Gasteiger partial charge in [0.15, 0.2) is 0 Å². The number of ether oxygens (including phenoxy) is 1. The molecule has 3 nitrogen and oxygen atoms in total. The summed E-state index contributed by atoms with van der Waals surface area (Å²) in [6.07, 6.45) is 5.55. The van der Waals surface area contributed by atoms with Gasteiger partial charge < -0.3 is 10.1 Å². The van der Waals surface area contributed by atoms with Gasteiger partial charge in [-0.15, -0.1) is 11.3 Å². The SMILES string of the molecule is COc1cc(CNC2CCCc3sccc32)ccn1. The van der Waals surface area contributed by atoms with Crippen molar-refractivity contribution < 1.29 is 4.74 Å². The van der Waals surface area contributed by atoms with Gasteiger partial charge in [0, 0.05) is 29.7 Å². The molecule has 4 heteroatoms. The van der Waals surface area contributed by atoms with E-state index in [2.05, 4.69) is 21.7 Å². The summed E-state index contributed by atoms with van der Waals surface area (Å²) in [6.45, 7) is 0.860. The third-order valence-corrected chi connectivity index (χ3v) is 4.61. The van der Waals surface area contributed by atoms with E-state index in [0.717, 1.165) is 6.54 Å². The van der Waals surface area contributed by atoms with Crippen LogP contribution in [0.25, 0.3) is 0 Å². The Labute approximate surface area is 117 Å². The van der Waals surface area contributed by atoms with Crippen molar-refractivity contribution >= 4 is 11.3 Å². The van der Waals surface area contributed by atoms with Crippen LogP contribution in [-0.2, 0) is 13.0 Å². The largest absolute Gasteiger partial charge is 0.481 e. The van der Waals surface area contributed by atoms with Crippen molar-refractivity contribution in [1.29, 1.82) is 0 Å². The van der Waals surface area contributed by atoms with E-state index in [1.807, 2.05) is 23.5 Å². The molecule has 0 aromatic carbocycles. The second-order valence-corrected chi connectivity index (χ2v) is 5.83. The third kappa shape index (κ3) is 2.80. The molecule has 19 heavy (non-hydrogen) atoms. The van der Waals surface area contributed by atoms with Crippen molar-refractivity contribution in [3.63, 3.8) is 0 Å². The van der Waals surface area contributed by atoms with Gasteiger partial charge >= 0.3 is 0 Å². The lowest BCUT2D eigenvalue weighted by Gasteiger charge is -2.23. The Morgan fingerprint density at radius 1 is 1.47 bits per heavy atom. The Hall–Kier alpha value is -1.39. The van der Waals surface area contributed by atoms with Gasteiger partial charge in [-0.25, -0.2) is 4.98 Å². The molecular weight excluding hydrogens is 256 g/mol. The summed E-state index contributed by atoms with van der Waals surface area (Å²) in [6, 6.07) is 6.79. The van der Waals surface area contributed by atoms with E-state index in [0.29, 0.717) is 11.9 Å². The molecule has 3 rings (SSSR count). The molecule has 1 unspecified atom stereocenters. The minimum absolute atomic E-state index is 0.495. The van der Waals surface area contributed by atoms with E-state index in [1.165, 1.54) is 30.4 Å². The van der Waals surface area contributed by atoms with Gasteiger partial charge in [-0.1, -0.05) is 0 Å². The molecule has 1 aliphatic carbocycles. The van der Waals surface area contributed by atoms with E-state index < -0.39 is 0 Å². The first-order chi connectivity index (χ1) is 9.36. The Morgan fingerprint density at radius 2 is 2.42 bits per heavy atom. The molecule has 0 fully saturated rings. The standard InChI is InChI=1S/C15H18N2OS/c1-18-15-9-11(5-7-16-15)10-17-13-3-2-4-14-12(13)6-8-19-14/h5-9,13,17H,2-4,10H2,1H3. The highest BCUT2D eigenvalue weighted by Gasteiger charge is 2.20. The summed E-state index contributed by atoms with van der Waals surface area (Å²) in [5.74, 6) is 0.680. The first-order valence-corrected chi connectivity index (χ1v) is 7.53. The number of aryl methyl sites for hydroxylation is 1. The molecule has 0 saturated carbocycles. The number of aromatic nitrogens is 1. The normalized spacial score (nSPS) is 18.1. The number of pyridine rings is 1. The van der Waals surface area contributed by atoms with Gasteiger partial charge in [-0.05, 0) is 47.9 Å². The zero-order chi connectivity index (χ0) is 13.1. The van der Waals surface area contributed by atoms with Crippen LogP contribution in [0.15, 0.2) is 29.8 Å². The first-order valence-electron chi connectivity index (χ1n) is 6.65. The van der Waals surface area contributed by atoms with Crippen molar-refractivity contribution in [1.82, 2.24) is 10.3 Å². The van der Waals surface area contributed by atoms with Crippen LogP contribution in [0.2, 0.25) is 0 Å². The van der Waals surface area contributed by atoms with Crippen LogP contribution in [-0.4, -0.2) is 12.1 Å². The summed E-state index contributed by atoms with van der Waals surface area (Å²) >= 11 is 1.89. The minimum atomic E-state index is 0.495. The van der Waals surface area contributed by atoms with Crippen LogP contribution in [0, 0.1) is 0 Å². The fourth-order valence-electron chi connectivity index (χ4n) is 2.61. The summed E-state index contributed by atoms with van der Waals surface area (Å²) in [4.78, 5) is 5.68. The molecule has 0 aliphatic heterocycles. The summed E-state index contributed by atoms with van der Waals surface area (Å²) < 4.78 is 5.15. The number of methoxy groups -OCH3 is 1. The predicted molar refractivity (Wildman–Crippen MR) is 77.6 cm³/mol. The quantitative estimate of drug-likeness (QED) is 0.928. The number of nitrogens with one attached hydrogen (secondary N) is 1. The molecule has 0 bridgehead atoms. The van der Waals surface area contributed by atoms with Crippen LogP contribution >= 0.6 is 11.3 Å². The second-order valence-electron chi connectivity index (χ2n) is 4.83. The van der Waals surface area contributed by atoms with E-state index >= 15 is 0 Å². The number of nitrogens with zero attached hydrogens (tertiary/aromatic N) is 1. The molecule has 2 aromatic heterocycles. The van der Waals surface area contributed by atoms with Gasteiger partial charge in [0.1, 0.15) is 0 Å². The Kier molecular flexibility index (Phi) is 3.80. The van der Waals surface area contributed by atoms with Crippen LogP contribution < -0.4 is 10.1 Å². The maximum absolute atomic E-state index is 5.15. The number of thiophene rings is 1. The number of hydrogen-bond donors (Lipinski definition) is 1. The van der Waals surface area contributed by atoms with Gasteiger partial charge in [-0.2, -0.15) is 0 Å². The highest BCUT2D eigenvalue weighted by Crippen LogP contribution is 2.33. The van der Waals surface area contributed by atoms with E-state index in [1.54, 1.807) is 18.2 Å². The maximum Gasteiger partial charge on any atom is 0.213 e. The van der Waals surface area contributed by atoms with Crippen molar-refractivity contribution in [3.05, 3.63) is 45.8 Å². The molecule has 0 amide bonds. The second kappa shape index (κ2) is 5.72. The van der Waals surface area contributed by atoms with Crippen LogP contribution in [0.5, 0.6) is 5.88 Å². The van der Waals surface area contributed by atoms with Gasteiger partial charge in [0.25, 0.3) is 0 Å². The molecule has 100 valence electrons. The Balaban J connectivity index is 1.67. The van der Waals surface area contributed by atoms with Crippen molar-refractivity contribution in [2.75, 3.05) is 7.11 Å². The Morgan fingerprint density at radius 3 is 3.32 bits per heavy atom. The van der Waals surface area contributed by atoms with Gasteiger partial charge in [0.05, 0.1) is 7.11 Å². The number of fused-ring (bicyclic) bond motifs is 1. The monoisotopic (exact) mass is 274 g/mol. The van der Waals surface area contributed by atoms with Gasteiger partial charge in [0.2, 0.25) is 5.88 Å². The molecule has 0 radical (unpaired) electrons. The summed E-state index contributed by atoms with van der Waals surface area (Å²) in [5.41, 5.74) is 2.71. The molecule has 1 atom stereocenters. The highest BCUT2D eigenvalue weighted by atomic mass is 32.1. The van der Waals surface area contributed by atoms with E-state index in [-0.39, 0.29) is 0 Å².